The number of carbonyl (C=O) groups is 3. The SMILES string of the molecule is CC(C)(C)OC(=O)Nc1oc2cc(CN3CCCC3)cnc2c1C(=O)Nc1cnccc1N1CC(NC(=O)OC(C)(C)C)CC(C(F)(F)F)C1. The number of nitrogens with one attached hydrogen (secondary N) is 3. The lowest BCUT2D eigenvalue weighted by Crippen LogP contribution is -2.54. The van der Waals surface area contributed by atoms with Gasteiger partial charge in [-0.25, -0.2) is 9.59 Å². The van der Waals surface area contributed by atoms with Crippen LogP contribution in [0.3, 0.4) is 0 Å². The van der Waals surface area contributed by atoms with Gasteiger partial charge in [0.2, 0.25) is 5.88 Å². The normalized spacial score (nSPS) is 18.9. The zero-order valence-electron chi connectivity index (χ0n) is 29.1. The highest BCUT2D eigenvalue weighted by Gasteiger charge is 2.45. The Morgan fingerprint density at radius 1 is 0.960 bits per heavy atom. The molecule has 2 aliphatic heterocycles. The molecule has 50 heavy (non-hydrogen) atoms. The predicted octanol–water partition coefficient (Wildman–Crippen LogP) is 6.70. The van der Waals surface area contributed by atoms with Crippen LogP contribution in [0.2, 0.25) is 0 Å². The average Bonchev–Trinajstić information content (AvgIpc) is 3.62. The molecule has 272 valence electrons. The predicted molar refractivity (Wildman–Crippen MR) is 180 cm³/mol. The lowest BCUT2D eigenvalue weighted by atomic mass is 9.93. The van der Waals surface area contributed by atoms with Crippen molar-refractivity contribution in [2.24, 2.45) is 5.92 Å². The maximum absolute atomic E-state index is 14.1. The molecule has 3 amide bonds. The number of carbonyl (C=O) groups excluding carboxylic acids is 3. The number of nitrogens with zero attached hydrogens (tertiary/aromatic N) is 4. The number of aromatic nitrogens is 2. The first kappa shape index (κ1) is 36.7. The van der Waals surface area contributed by atoms with E-state index in [0.717, 1.165) is 31.5 Å². The van der Waals surface area contributed by atoms with Crippen LogP contribution in [-0.4, -0.2) is 82.6 Å². The summed E-state index contributed by atoms with van der Waals surface area (Å²) >= 11 is 0. The Labute approximate surface area is 288 Å². The second-order valence-corrected chi connectivity index (χ2v) is 14.7. The van der Waals surface area contributed by atoms with Gasteiger partial charge in [-0.05, 0) is 91.6 Å². The number of ether oxygens (including phenoxy) is 2. The minimum Gasteiger partial charge on any atom is -0.444 e. The van der Waals surface area contributed by atoms with Crippen LogP contribution in [0.5, 0.6) is 0 Å². The summed E-state index contributed by atoms with van der Waals surface area (Å²) in [7, 11) is 0. The Morgan fingerprint density at radius 2 is 1.64 bits per heavy atom. The molecule has 3 aromatic heterocycles. The largest absolute Gasteiger partial charge is 0.444 e. The van der Waals surface area contributed by atoms with Crippen LogP contribution in [0.1, 0.15) is 76.7 Å². The van der Waals surface area contributed by atoms with Crippen molar-refractivity contribution in [2.75, 3.05) is 41.7 Å². The molecule has 0 aliphatic carbocycles. The van der Waals surface area contributed by atoms with Crippen LogP contribution in [0, 0.1) is 5.92 Å². The van der Waals surface area contributed by atoms with Crippen molar-refractivity contribution in [3.63, 3.8) is 0 Å². The number of amides is 3. The smallest absolute Gasteiger partial charge is 0.414 e. The summed E-state index contributed by atoms with van der Waals surface area (Å²) in [6, 6.07) is 2.33. The van der Waals surface area contributed by atoms with Crippen LogP contribution in [-0.2, 0) is 16.0 Å². The lowest BCUT2D eigenvalue weighted by molar-refractivity contribution is -0.177. The Bertz CT molecular complexity index is 1710. The Hall–Kier alpha value is -4.60. The number of pyridine rings is 2. The van der Waals surface area contributed by atoms with Gasteiger partial charge in [0.1, 0.15) is 22.3 Å². The maximum atomic E-state index is 14.1. The number of rotatable bonds is 7. The number of anilines is 3. The number of piperidine rings is 1. The molecule has 0 spiro atoms. The van der Waals surface area contributed by atoms with E-state index in [1.54, 1.807) is 53.8 Å². The molecule has 0 saturated carbocycles. The zero-order chi connectivity index (χ0) is 36.4. The maximum Gasteiger partial charge on any atom is 0.414 e. The molecule has 2 saturated heterocycles. The number of fused-ring (bicyclic) bond motifs is 1. The molecule has 2 atom stereocenters. The quantitative estimate of drug-likeness (QED) is 0.243. The van der Waals surface area contributed by atoms with Crippen molar-refractivity contribution in [3.8, 4) is 0 Å². The van der Waals surface area contributed by atoms with E-state index in [1.165, 1.54) is 23.4 Å². The second kappa shape index (κ2) is 14.3. The fourth-order valence-electron chi connectivity index (χ4n) is 6.06. The third-order valence-corrected chi connectivity index (χ3v) is 8.05. The summed E-state index contributed by atoms with van der Waals surface area (Å²) in [4.78, 5) is 51.7. The molecular formula is C34H44F3N7O6. The molecule has 2 aliphatic rings. The van der Waals surface area contributed by atoms with Gasteiger partial charge in [-0.15, -0.1) is 0 Å². The minimum absolute atomic E-state index is 0.000146. The molecule has 16 heteroatoms. The standard InChI is InChI=1S/C34H44F3N7O6/c1-32(2,3)49-30(46)40-22-14-21(34(35,36)37)18-44(19-22)24-9-10-38-16-23(24)41-28(45)26-27-25(48-29(26)42-31(47)50-33(4,5)6)13-20(15-39-27)17-43-11-7-8-12-43/h9-10,13,15-16,21-22H,7-8,11-12,14,17-19H2,1-6H3,(H,40,46)(H,41,45)(H,42,47). The van der Waals surface area contributed by atoms with Crippen LogP contribution in [0.4, 0.5) is 40.0 Å². The average molecular weight is 704 g/mol. The van der Waals surface area contributed by atoms with Crippen molar-refractivity contribution < 1.29 is 41.4 Å². The highest BCUT2D eigenvalue weighted by Crippen LogP contribution is 2.38. The van der Waals surface area contributed by atoms with Gasteiger partial charge < -0.3 is 29.4 Å². The number of furan rings is 1. The number of alkyl halides is 3. The van der Waals surface area contributed by atoms with Crippen LogP contribution < -0.4 is 20.9 Å². The molecule has 13 nitrogen and oxygen atoms in total. The number of hydrogen-bond acceptors (Lipinski definition) is 10. The van der Waals surface area contributed by atoms with E-state index in [1.807, 2.05) is 0 Å². The number of hydrogen-bond donors (Lipinski definition) is 3. The van der Waals surface area contributed by atoms with Crippen LogP contribution >= 0.6 is 0 Å². The van der Waals surface area contributed by atoms with Crippen molar-refractivity contribution in [2.45, 2.75) is 90.8 Å². The van der Waals surface area contributed by atoms with E-state index in [4.69, 9.17) is 13.9 Å². The van der Waals surface area contributed by atoms with Gasteiger partial charge in [-0.1, -0.05) is 0 Å². The third kappa shape index (κ3) is 9.55. The lowest BCUT2D eigenvalue weighted by Gasteiger charge is -2.40. The van der Waals surface area contributed by atoms with Crippen LogP contribution in [0.25, 0.3) is 11.1 Å². The molecule has 3 N–H and O–H groups in total. The fourth-order valence-corrected chi connectivity index (χ4v) is 6.06. The Morgan fingerprint density at radius 3 is 2.30 bits per heavy atom. The summed E-state index contributed by atoms with van der Waals surface area (Å²) in [5.74, 6) is -2.74. The monoisotopic (exact) mass is 703 g/mol. The van der Waals surface area contributed by atoms with Gasteiger partial charge in [-0.2, -0.15) is 13.2 Å². The van der Waals surface area contributed by atoms with Crippen molar-refractivity contribution in [1.82, 2.24) is 20.2 Å². The van der Waals surface area contributed by atoms with E-state index >= 15 is 0 Å². The van der Waals surface area contributed by atoms with Crippen molar-refractivity contribution >= 4 is 46.5 Å². The summed E-state index contributed by atoms with van der Waals surface area (Å²) in [6.45, 7) is 12.2. The first-order valence-electron chi connectivity index (χ1n) is 16.5. The number of alkyl carbamates (subject to hydrolysis) is 1. The molecule has 0 radical (unpaired) electrons. The topological polar surface area (TPSA) is 151 Å². The molecule has 3 aromatic rings. The van der Waals surface area contributed by atoms with Gasteiger partial charge in [0.05, 0.1) is 29.5 Å². The zero-order valence-corrected chi connectivity index (χ0v) is 29.1. The molecular weight excluding hydrogens is 659 g/mol. The van der Waals surface area contributed by atoms with Crippen molar-refractivity contribution in [1.29, 1.82) is 0 Å². The van der Waals surface area contributed by atoms with Crippen molar-refractivity contribution in [3.05, 3.63) is 41.9 Å². The van der Waals surface area contributed by atoms with E-state index in [0.29, 0.717) is 6.54 Å². The second-order valence-electron chi connectivity index (χ2n) is 14.7. The summed E-state index contributed by atoms with van der Waals surface area (Å²) in [5.41, 5.74) is -0.174. The van der Waals surface area contributed by atoms with E-state index in [-0.39, 0.29) is 46.9 Å². The Balaban J connectivity index is 1.44. The molecule has 5 rings (SSSR count). The van der Waals surface area contributed by atoms with E-state index in [9.17, 15) is 27.6 Å². The van der Waals surface area contributed by atoms with E-state index in [2.05, 4.69) is 30.8 Å². The van der Waals surface area contributed by atoms with Gasteiger partial charge in [-0.3, -0.25) is 25.0 Å². The van der Waals surface area contributed by atoms with Gasteiger partial charge >= 0.3 is 18.4 Å². The van der Waals surface area contributed by atoms with Crippen LogP contribution in [0.15, 0.2) is 35.1 Å². The molecule has 5 heterocycles. The Kier molecular flexibility index (Phi) is 10.5. The molecule has 2 fully saturated rings. The molecule has 2 unspecified atom stereocenters. The summed E-state index contributed by atoms with van der Waals surface area (Å²) in [6.07, 6.45) is -0.0367. The highest BCUT2D eigenvalue weighted by atomic mass is 19.4. The summed E-state index contributed by atoms with van der Waals surface area (Å²) < 4.78 is 59.0. The minimum atomic E-state index is -4.56. The molecule has 0 bridgehead atoms. The summed E-state index contributed by atoms with van der Waals surface area (Å²) in [5, 5.41) is 7.82. The number of halogens is 3. The first-order chi connectivity index (χ1) is 23.3. The van der Waals surface area contributed by atoms with Gasteiger partial charge in [0.15, 0.2) is 5.58 Å². The van der Waals surface area contributed by atoms with Gasteiger partial charge in [0.25, 0.3) is 5.91 Å². The first-order valence-corrected chi connectivity index (χ1v) is 16.5. The highest BCUT2D eigenvalue weighted by molar-refractivity contribution is 6.16. The van der Waals surface area contributed by atoms with E-state index < -0.39 is 54.0 Å². The molecule has 0 aromatic carbocycles. The fraction of sp³-hybridized carbons (Fsp3) is 0.559. The number of likely N-dealkylation sites (tertiary alicyclic amines) is 1. The third-order valence-electron chi connectivity index (χ3n) is 8.05. The van der Waals surface area contributed by atoms with Gasteiger partial charge in [0, 0.05) is 32.0 Å².